The van der Waals surface area contributed by atoms with Crippen molar-refractivity contribution in [1.29, 1.82) is 0 Å². The predicted molar refractivity (Wildman–Crippen MR) is 71.4 cm³/mol. The van der Waals surface area contributed by atoms with Gasteiger partial charge in [0, 0.05) is 12.1 Å². The highest BCUT2D eigenvalue weighted by molar-refractivity contribution is 6.31. The van der Waals surface area contributed by atoms with Crippen molar-refractivity contribution in [3.05, 3.63) is 34.9 Å². The maximum Gasteiger partial charge on any atom is 0.231 e. The third-order valence-electron chi connectivity index (χ3n) is 2.89. The molecule has 1 atom stereocenters. The summed E-state index contributed by atoms with van der Waals surface area (Å²) in [4.78, 5) is 4.30. The monoisotopic (exact) mass is 283 g/mol. The van der Waals surface area contributed by atoms with Gasteiger partial charge in [-0.05, 0) is 24.6 Å². The molecule has 0 amide bonds. The second kappa shape index (κ2) is 6.12. The molecule has 2 N–H and O–H groups in total. The van der Waals surface area contributed by atoms with Gasteiger partial charge in [-0.15, -0.1) is 0 Å². The van der Waals surface area contributed by atoms with E-state index in [0.29, 0.717) is 23.8 Å². The van der Waals surface area contributed by atoms with Gasteiger partial charge in [0.1, 0.15) is 5.82 Å². The Kier molecular flexibility index (Phi) is 4.50. The van der Waals surface area contributed by atoms with Crippen LogP contribution in [0.25, 0.3) is 11.4 Å². The van der Waals surface area contributed by atoms with E-state index in [9.17, 15) is 4.39 Å². The molecule has 1 heterocycles. The lowest BCUT2D eigenvalue weighted by Gasteiger charge is -2.06. The molecule has 102 valence electrons. The molecule has 0 fully saturated rings. The second-order valence-corrected chi connectivity index (χ2v) is 4.71. The summed E-state index contributed by atoms with van der Waals surface area (Å²) in [6.07, 6.45) is 1.88. The van der Waals surface area contributed by atoms with Crippen molar-refractivity contribution in [1.82, 2.24) is 10.1 Å². The Bertz CT molecular complexity index is 559. The van der Waals surface area contributed by atoms with Crippen molar-refractivity contribution in [2.75, 3.05) is 6.54 Å². The van der Waals surface area contributed by atoms with Crippen LogP contribution in [0, 0.1) is 5.82 Å². The number of rotatable bonds is 5. The van der Waals surface area contributed by atoms with Gasteiger partial charge in [-0.3, -0.25) is 0 Å². The van der Waals surface area contributed by atoms with Gasteiger partial charge in [0.25, 0.3) is 0 Å². The van der Waals surface area contributed by atoms with E-state index in [1.54, 1.807) is 6.07 Å². The fourth-order valence-electron chi connectivity index (χ4n) is 1.84. The molecular formula is C13H15ClFN3O. The molecule has 0 aliphatic rings. The van der Waals surface area contributed by atoms with E-state index < -0.39 is 5.82 Å². The molecule has 1 unspecified atom stereocenters. The van der Waals surface area contributed by atoms with E-state index in [-0.39, 0.29) is 10.9 Å². The first-order chi connectivity index (χ1) is 9.15. The average molecular weight is 284 g/mol. The van der Waals surface area contributed by atoms with Crippen LogP contribution in [0.15, 0.2) is 22.7 Å². The fourth-order valence-corrected chi connectivity index (χ4v) is 2.02. The average Bonchev–Trinajstić information content (AvgIpc) is 2.88. The second-order valence-electron chi connectivity index (χ2n) is 4.31. The topological polar surface area (TPSA) is 64.9 Å². The molecule has 4 nitrogen and oxygen atoms in total. The standard InChI is InChI=1S/C13H15ClFN3O/c1-2-3-9(7-16)13-17-12(18-19-13)8-4-5-11(15)10(14)6-8/h4-6,9H,2-3,7,16H2,1H3. The quantitative estimate of drug-likeness (QED) is 0.914. The summed E-state index contributed by atoms with van der Waals surface area (Å²) in [6, 6.07) is 4.32. The molecule has 0 aliphatic carbocycles. The van der Waals surface area contributed by atoms with Crippen molar-refractivity contribution in [2.45, 2.75) is 25.7 Å². The van der Waals surface area contributed by atoms with Gasteiger partial charge in [0.15, 0.2) is 0 Å². The molecule has 2 rings (SSSR count). The van der Waals surface area contributed by atoms with Crippen LogP contribution in [0.2, 0.25) is 5.02 Å². The first kappa shape index (κ1) is 14.0. The van der Waals surface area contributed by atoms with Crippen molar-refractivity contribution in [3.63, 3.8) is 0 Å². The van der Waals surface area contributed by atoms with Crippen LogP contribution < -0.4 is 5.73 Å². The molecule has 6 heteroatoms. The molecule has 1 aromatic carbocycles. The Balaban J connectivity index is 2.27. The van der Waals surface area contributed by atoms with E-state index in [1.807, 2.05) is 0 Å². The molecular weight excluding hydrogens is 269 g/mol. The molecule has 19 heavy (non-hydrogen) atoms. The molecule has 2 aromatic rings. The number of benzene rings is 1. The summed E-state index contributed by atoms with van der Waals surface area (Å²) >= 11 is 5.73. The van der Waals surface area contributed by atoms with Crippen LogP contribution in [-0.4, -0.2) is 16.7 Å². The molecule has 1 aromatic heterocycles. The highest BCUT2D eigenvalue weighted by atomic mass is 35.5. The van der Waals surface area contributed by atoms with E-state index >= 15 is 0 Å². The van der Waals surface area contributed by atoms with E-state index in [1.165, 1.54) is 12.1 Å². The zero-order chi connectivity index (χ0) is 13.8. The minimum Gasteiger partial charge on any atom is -0.339 e. The first-order valence-corrected chi connectivity index (χ1v) is 6.52. The third-order valence-corrected chi connectivity index (χ3v) is 3.18. The maximum atomic E-state index is 13.1. The van der Waals surface area contributed by atoms with Crippen LogP contribution in [0.5, 0.6) is 0 Å². The zero-order valence-electron chi connectivity index (χ0n) is 10.6. The third kappa shape index (κ3) is 3.11. The van der Waals surface area contributed by atoms with Crippen molar-refractivity contribution >= 4 is 11.6 Å². The maximum absolute atomic E-state index is 13.1. The Hall–Kier alpha value is -1.46. The van der Waals surface area contributed by atoms with Gasteiger partial charge < -0.3 is 10.3 Å². The van der Waals surface area contributed by atoms with Crippen LogP contribution in [0.4, 0.5) is 4.39 Å². The summed E-state index contributed by atoms with van der Waals surface area (Å²) in [5, 5.41) is 3.92. The van der Waals surface area contributed by atoms with Gasteiger partial charge in [0.05, 0.1) is 10.9 Å². The van der Waals surface area contributed by atoms with Gasteiger partial charge in [-0.25, -0.2) is 4.39 Å². The largest absolute Gasteiger partial charge is 0.339 e. The Labute approximate surface area is 115 Å². The van der Waals surface area contributed by atoms with Crippen molar-refractivity contribution in [3.8, 4) is 11.4 Å². The normalized spacial score (nSPS) is 12.6. The molecule has 0 radical (unpaired) electrons. The SMILES string of the molecule is CCCC(CN)c1nc(-c2ccc(F)c(Cl)c2)no1. The van der Waals surface area contributed by atoms with Crippen molar-refractivity contribution in [2.24, 2.45) is 5.73 Å². The van der Waals surface area contributed by atoms with Crippen LogP contribution in [-0.2, 0) is 0 Å². The summed E-state index contributed by atoms with van der Waals surface area (Å²) in [5.41, 5.74) is 6.30. The van der Waals surface area contributed by atoms with Crippen LogP contribution >= 0.6 is 11.6 Å². The number of nitrogens with two attached hydrogens (primary N) is 1. The number of halogens is 2. The molecule has 0 aliphatic heterocycles. The van der Waals surface area contributed by atoms with E-state index in [0.717, 1.165) is 12.8 Å². The highest BCUT2D eigenvalue weighted by Crippen LogP contribution is 2.25. The number of nitrogens with zero attached hydrogens (tertiary/aromatic N) is 2. The minimum absolute atomic E-state index is 0.0350. The molecule has 0 saturated carbocycles. The lowest BCUT2D eigenvalue weighted by Crippen LogP contribution is -2.12. The van der Waals surface area contributed by atoms with Gasteiger partial charge >= 0.3 is 0 Å². The fraction of sp³-hybridized carbons (Fsp3) is 0.385. The smallest absolute Gasteiger partial charge is 0.231 e. The zero-order valence-corrected chi connectivity index (χ0v) is 11.3. The summed E-state index contributed by atoms with van der Waals surface area (Å²) in [5.74, 6) is 0.494. The lowest BCUT2D eigenvalue weighted by molar-refractivity contribution is 0.347. The molecule has 0 saturated heterocycles. The summed E-state index contributed by atoms with van der Waals surface area (Å²) in [7, 11) is 0. The first-order valence-electron chi connectivity index (χ1n) is 6.14. The Morgan fingerprint density at radius 2 is 2.26 bits per heavy atom. The van der Waals surface area contributed by atoms with E-state index in [2.05, 4.69) is 17.1 Å². The van der Waals surface area contributed by atoms with Gasteiger partial charge in [-0.1, -0.05) is 30.1 Å². The van der Waals surface area contributed by atoms with Crippen LogP contribution in [0.1, 0.15) is 31.6 Å². The highest BCUT2D eigenvalue weighted by Gasteiger charge is 2.17. The lowest BCUT2D eigenvalue weighted by atomic mass is 10.0. The van der Waals surface area contributed by atoms with Gasteiger partial charge in [-0.2, -0.15) is 4.98 Å². The Morgan fingerprint density at radius 3 is 2.89 bits per heavy atom. The Morgan fingerprint density at radius 1 is 1.47 bits per heavy atom. The number of aromatic nitrogens is 2. The minimum atomic E-state index is -0.472. The van der Waals surface area contributed by atoms with Crippen molar-refractivity contribution < 1.29 is 8.91 Å². The molecule has 0 spiro atoms. The van der Waals surface area contributed by atoms with Crippen LogP contribution in [0.3, 0.4) is 0 Å². The predicted octanol–water partition coefficient (Wildman–Crippen LogP) is 3.37. The van der Waals surface area contributed by atoms with Gasteiger partial charge in [0.2, 0.25) is 11.7 Å². The van der Waals surface area contributed by atoms with E-state index in [4.69, 9.17) is 21.9 Å². The number of hydrogen-bond acceptors (Lipinski definition) is 4. The number of hydrogen-bond donors (Lipinski definition) is 1. The summed E-state index contributed by atoms with van der Waals surface area (Å²) in [6.45, 7) is 2.53. The molecule has 0 bridgehead atoms. The summed E-state index contributed by atoms with van der Waals surface area (Å²) < 4.78 is 18.3.